The van der Waals surface area contributed by atoms with Crippen molar-refractivity contribution in [3.8, 4) is 11.1 Å². The third kappa shape index (κ3) is 7.96. The second-order valence-electron chi connectivity index (χ2n) is 8.95. The normalized spacial score (nSPS) is 10.2. The van der Waals surface area contributed by atoms with E-state index in [-0.39, 0.29) is 0 Å². The highest BCUT2D eigenvalue weighted by molar-refractivity contribution is 5.96. The predicted molar refractivity (Wildman–Crippen MR) is 152 cm³/mol. The van der Waals surface area contributed by atoms with Crippen molar-refractivity contribution in [2.24, 2.45) is 0 Å². The van der Waals surface area contributed by atoms with Gasteiger partial charge in [0.1, 0.15) is 0 Å². The number of hydrogen-bond acceptors (Lipinski definition) is 3. The number of benzene rings is 3. The number of aryl methyl sites for hydroxylation is 2. The van der Waals surface area contributed by atoms with E-state index in [9.17, 15) is 4.79 Å². The first-order valence-electron chi connectivity index (χ1n) is 12.3. The number of methoxy groups -OCH3 is 1. The van der Waals surface area contributed by atoms with E-state index in [1.807, 2.05) is 36.4 Å². The number of aromatic carboxylic acids is 1. The second-order valence-corrected chi connectivity index (χ2v) is 8.95. The van der Waals surface area contributed by atoms with Crippen LogP contribution in [0.25, 0.3) is 22.4 Å². The summed E-state index contributed by atoms with van der Waals surface area (Å²) in [5.41, 5.74) is 10.7. The topological polar surface area (TPSA) is 58.6 Å². The van der Waals surface area contributed by atoms with Gasteiger partial charge in [-0.3, -0.25) is 0 Å². The average molecular weight is 486 g/mol. The zero-order valence-corrected chi connectivity index (χ0v) is 22.4. The quantitative estimate of drug-likeness (QED) is 0.306. The summed E-state index contributed by atoms with van der Waals surface area (Å²) >= 11 is 0. The number of ether oxygens (including phenoxy) is 1. The summed E-state index contributed by atoms with van der Waals surface area (Å²) in [6, 6.07) is 21.6. The van der Waals surface area contributed by atoms with Crippen molar-refractivity contribution in [3.63, 3.8) is 0 Å². The van der Waals surface area contributed by atoms with Gasteiger partial charge in [0.15, 0.2) is 0 Å². The molecule has 0 unspecified atom stereocenters. The van der Waals surface area contributed by atoms with Crippen molar-refractivity contribution in [2.75, 3.05) is 20.3 Å². The van der Waals surface area contributed by atoms with Gasteiger partial charge < -0.3 is 15.2 Å². The Kier molecular flexibility index (Phi) is 11.2. The molecule has 0 saturated carbocycles. The standard InChI is InChI=1S/C17H25NO.C15H14O2/c1-12(2)14(4)17-11-16(8-7-13(17)3)15(5)18-9-10-19-6;1-2-11-7-9-12(10-8-11)13-5-3-4-6-14(13)15(16)17/h7-8,11,18H,5,9-10H2,1-4,6H3;3-10H,2H2,1H3,(H,16,17). The summed E-state index contributed by atoms with van der Waals surface area (Å²) < 4.78 is 5.03. The highest BCUT2D eigenvalue weighted by Crippen LogP contribution is 2.25. The molecule has 0 aliphatic carbocycles. The van der Waals surface area contributed by atoms with Crippen LogP contribution in [0.1, 0.15) is 60.3 Å². The predicted octanol–water partition coefficient (Wildman–Crippen LogP) is 7.63. The third-order valence-electron chi connectivity index (χ3n) is 6.22. The van der Waals surface area contributed by atoms with Crippen LogP contribution in [0.15, 0.2) is 78.9 Å². The van der Waals surface area contributed by atoms with E-state index in [4.69, 9.17) is 9.84 Å². The number of carboxylic acids is 1. The van der Waals surface area contributed by atoms with Gasteiger partial charge in [-0.1, -0.05) is 73.7 Å². The molecule has 0 fully saturated rings. The Bertz CT molecular complexity index is 1200. The van der Waals surface area contributed by atoms with Crippen LogP contribution >= 0.6 is 0 Å². The van der Waals surface area contributed by atoms with Gasteiger partial charge >= 0.3 is 5.97 Å². The van der Waals surface area contributed by atoms with E-state index in [0.717, 1.165) is 35.4 Å². The zero-order valence-electron chi connectivity index (χ0n) is 22.4. The van der Waals surface area contributed by atoms with E-state index in [2.05, 4.69) is 64.7 Å². The monoisotopic (exact) mass is 485 g/mol. The van der Waals surface area contributed by atoms with Gasteiger partial charge in [-0.25, -0.2) is 4.79 Å². The molecule has 0 saturated heterocycles. The largest absolute Gasteiger partial charge is 0.478 e. The van der Waals surface area contributed by atoms with Crippen LogP contribution in [0.3, 0.4) is 0 Å². The first kappa shape index (κ1) is 28.6. The van der Waals surface area contributed by atoms with Crippen LogP contribution in [0.2, 0.25) is 0 Å². The third-order valence-corrected chi connectivity index (χ3v) is 6.22. The van der Waals surface area contributed by atoms with Gasteiger partial charge in [0, 0.05) is 19.4 Å². The Balaban J connectivity index is 0.000000255. The lowest BCUT2D eigenvalue weighted by Crippen LogP contribution is -2.17. The summed E-state index contributed by atoms with van der Waals surface area (Å²) in [7, 11) is 1.70. The molecule has 0 spiro atoms. The highest BCUT2D eigenvalue weighted by atomic mass is 16.5. The maximum Gasteiger partial charge on any atom is 0.336 e. The number of carboxylic acid groups (broad SMARTS) is 1. The van der Waals surface area contributed by atoms with E-state index in [0.29, 0.717) is 12.2 Å². The lowest BCUT2D eigenvalue weighted by molar-refractivity contribution is 0.0697. The van der Waals surface area contributed by atoms with Gasteiger partial charge in [0.05, 0.1) is 12.2 Å². The summed E-state index contributed by atoms with van der Waals surface area (Å²) in [6.45, 7) is 16.3. The molecule has 0 amide bonds. The fourth-order valence-electron chi connectivity index (χ4n) is 3.73. The van der Waals surface area contributed by atoms with Crippen LogP contribution in [-0.2, 0) is 11.2 Å². The van der Waals surface area contributed by atoms with Crippen LogP contribution in [0, 0.1) is 6.92 Å². The van der Waals surface area contributed by atoms with Crippen LogP contribution in [-0.4, -0.2) is 31.3 Å². The average Bonchev–Trinajstić information content (AvgIpc) is 2.89. The van der Waals surface area contributed by atoms with Crippen molar-refractivity contribution in [2.45, 2.75) is 41.0 Å². The van der Waals surface area contributed by atoms with Gasteiger partial charge in [-0.2, -0.15) is 0 Å². The number of hydrogen-bond donors (Lipinski definition) is 2. The second kappa shape index (κ2) is 14.1. The molecule has 2 N–H and O–H groups in total. The van der Waals surface area contributed by atoms with Gasteiger partial charge in [-0.15, -0.1) is 0 Å². The van der Waals surface area contributed by atoms with Crippen molar-refractivity contribution in [3.05, 3.63) is 107 Å². The Morgan fingerprint density at radius 2 is 1.64 bits per heavy atom. The van der Waals surface area contributed by atoms with E-state index >= 15 is 0 Å². The van der Waals surface area contributed by atoms with Crippen LogP contribution in [0.5, 0.6) is 0 Å². The summed E-state index contributed by atoms with van der Waals surface area (Å²) in [5, 5.41) is 12.4. The van der Waals surface area contributed by atoms with Crippen molar-refractivity contribution < 1.29 is 14.6 Å². The molecule has 0 atom stereocenters. The van der Waals surface area contributed by atoms with E-state index in [1.165, 1.54) is 27.8 Å². The molecule has 190 valence electrons. The maximum absolute atomic E-state index is 11.1. The van der Waals surface area contributed by atoms with Gasteiger partial charge in [-0.05, 0) is 85.2 Å². The lowest BCUT2D eigenvalue weighted by Gasteiger charge is -2.14. The van der Waals surface area contributed by atoms with Crippen molar-refractivity contribution in [1.82, 2.24) is 5.32 Å². The molecule has 3 aromatic rings. The molecule has 3 aromatic carbocycles. The first-order chi connectivity index (χ1) is 17.2. The number of carbonyl (C=O) groups is 1. The Morgan fingerprint density at radius 3 is 2.22 bits per heavy atom. The molecule has 0 aliphatic heterocycles. The molecule has 0 aliphatic rings. The van der Waals surface area contributed by atoms with Crippen molar-refractivity contribution >= 4 is 17.2 Å². The minimum absolute atomic E-state index is 0.344. The highest BCUT2D eigenvalue weighted by Gasteiger charge is 2.10. The summed E-state index contributed by atoms with van der Waals surface area (Å²) in [6.07, 6.45) is 0.987. The first-order valence-corrected chi connectivity index (χ1v) is 12.3. The fraction of sp³-hybridized carbons (Fsp3) is 0.281. The number of rotatable bonds is 9. The SMILES string of the molecule is C=C(NCCOC)c1ccc(C)c(C(C)=C(C)C)c1.CCc1ccc(-c2ccccc2C(=O)O)cc1. The molecule has 0 bridgehead atoms. The molecule has 36 heavy (non-hydrogen) atoms. The minimum Gasteiger partial charge on any atom is -0.478 e. The molecule has 3 rings (SSSR count). The molecular formula is C32H39NO3. The molecule has 4 nitrogen and oxygen atoms in total. The van der Waals surface area contributed by atoms with Gasteiger partial charge in [0.2, 0.25) is 0 Å². The minimum atomic E-state index is -0.889. The van der Waals surface area contributed by atoms with Crippen LogP contribution < -0.4 is 5.32 Å². The number of allylic oxidation sites excluding steroid dienone is 2. The summed E-state index contributed by atoms with van der Waals surface area (Å²) in [4.78, 5) is 11.1. The Labute approximate surface area is 216 Å². The van der Waals surface area contributed by atoms with Crippen molar-refractivity contribution in [1.29, 1.82) is 0 Å². The lowest BCUT2D eigenvalue weighted by atomic mass is 9.95. The smallest absolute Gasteiger partial charge is 0.336 e. The van der Waals surface area contributed by atoms with E-state index < -0.39 is 5.97 Å². The number of nitrogens with one attached hydrogen (secondary N) is 1. The molecule has 0 aromatic heterocycles. The molecule has 0 radical (unpaired) electrons. The fourth-order valence-corrected chi connectivity index (χ4v) is 3.73. The maximum atomic E-state index is 11.1. The van der Waals surface area contributed by atoms with E-state index in [1.54, 1.807) is 19.2 Å². The van der Waals surface area contributed by atoms with Crippen LogP contribution in [0.4, 0.5) is 0 Å². The summed E-state index contributed by atoms with van der Waals surface area (Å²) in [5.74, 6) is -0.889. The molecule has 4 heteroatoms. The molecule has 0 heterocycles. The zero-order chi connectivity index (χ0) is 26.7. The Morgan fingerprint density at radius 1 is 0.972 bits per heavy atom. The Hall–Kier alpha value is -3.63. The molecular weight excluding hydrogens is 446 g/mol. The van der Waals surface area contributed by atoms with Gasteiger partial charge in [0.25, 0.3) is 0 Å².